The molecule has 0 saturated heterocycles. The van der Waals surface area contributed by atoms with E-state index in [2.05, 4.69) is 28.9 Å². The largest absolute Gasteiger partial charge is 0.497 e. The lowest BCUT2D eigenvalue weighted by Gasteiger charge is -2.30. The first-order valence-corrected chi connectivity index (χ1v) is 13.0. The van der Waals surface area contributed by atoms with Crippen molar-refractivity contribution >= 4 is 40.8 Å². The monoisotopic (exact) mass is 500 g/mol. The van der Waals surface area contributed by atoms with Gasteiger partial charge in [-0.05, 0) is 42.0 Å². The number of allylic oxidation sites excluding steroid dienone is 1. The van der Waals surface area contributed by atoms with E-state index in [0.717, 1.165) is 38.3 Å². The number of methoxy groups -OCH3 is 1. The summed E-state index contributed by atoms with van der Waals surface area (Å²) >= 11 is 3.09. The molecule has 0 bridgehead atoms. The van der Waals surface area contributed by atoms with E-state index in [1.165, 1.54) is 11.8 Å². The zero-order valence-corrected chi connectivity index (χ0v) is 20.9. The van der Waals surface area contributed by atoms with Crippen LogP contribution in [-0.2, 0) is 17.8 Å². The molecule has 4 aromatic rings. The van der Waals surface area contributed by atoms with Crippen LogP contribution in [0.2, 0.25) is 0 Å². The van der Waals surface area contributed by atoms with Crippen LogP contribution in [0.1, 0.15) is 11.4 Å². The Balaban J connectivity index is 1.36. The van der Waals surface area contributed by atoms with Crippen molar-refractivity contribution in [1.82, 2.24) is 14.8 Å². The Morgan fingerprint density at radius 3 is 2.29 bits per heavy atom. The lowest BCUT2D eigenvalue weighted by molar-refractivity contribution is -0.115. The maximum atomic E-state index is 13.5. The number of rotatable bonds is 8. The number of benzene rings is 3. The van der Waals surface area contributed by atoms with E-state index in [1.807, 2.05) is 76.2 Å². The normalized spacial score (nSPS) is 12.1. The zero-order chi connectivity index (χ0) is 24.2. The second kappa shape index (κ2) is 10.4. The third-order valence-electron chi connectivity index (χ3n) is 5.63. The number of carbonyl (C=O) groups is 1. The van der Waals surface area contributed by atoms with Crippen molar-refractivity contribution in [3.05, 3.63) is 96.8 Å². The second-order valence-corrected chi connectivity index (χ2v) is 9.90. The number of carbonyl (C=O) groups excluding carboxylic acids is 1. The van der Waals surface area contributed by atoms with Crippen molar-refractivity contribution in [1.29, 1.82) is 0 Å². The molecular formula is C27H24N4O2S2. The quantitative estimate of drug-likeness (QED) is 0.219. The molecule has 0 unspecified atom stereocenters. The van der Waals surface area contributed by atoms with Crippen molar-refractivity contribution in [2.75, 3.05) is 17.8 Å². The Hall–Kier alpha value is -3.49. The molecule has 6 nitrogen and oxygen atoms in total. The predicted octanol–water partition coefficient (Wildman–Crippen LogP) is 5.99. The fraction of sp³-hybridized carbons (Fsp3) is 0.148. The molecule has 1 aromatic heterocycles. The SMILES string of the molecule is C=CCn1c(Cc2ccc(OC)cc2)nnc1SCC(=O)N1c2ccccc2Sc2ccccc21. The Morgan fingerprint density at radius 2 is 1.66 bits per heavy atom. The highest BCUT2D eigenvalue weighted by Crippen LogP contribution is 2.48. The van der Waals surface area contributed by atoms with E-state index in [9.17, 15) is 4.79 Å². The highest BCUT2D eigenvalue weighted by atomic mass is 32.2. The number of anilines is 2. The highest BCUT2D eigenvalue weighted by Gasteiger charge is 2.28. The number of thioether (sulfide) groups is 1. The molecule has 0 spiro atoms. The summed E-state index contributed by atoms with van der Waals surface area (Å²) in [5.41, 5.74) is 2.93. The minimum Gasteiger partial charge on any atom is -0.497 e. The van der Waals surface area contributed by atoms with Crippen LogP contribution in [0.5, 0.6) is 5.75 Å². The van der Waals surface area contributed by atoms with E-state index < -0.39 is 0 Å². The van der Waals surface area contributed by atoms with Crippen LogP contribution in [0.4, 0.5) is 11.4 Å². The van der Waals surface area contributed by atoms with E-state index in [4.69, 9.17) is 4.74 Å². The first-order chi connectivity index (χ1) is 17.2. The zero-order valence-electron chi connectivity index (χ0n) is 19.3. The molecule has 0 N–H and O–H groups in total. The van der Waals surface area contributed by atoms with Gasteiger partial charge in [-0.15, -0.1) is 16.8 Å². The lowest BCUT2D eigenvalue weighted by Crippen LogP contribution is -2.30. The molecule has 5 rings (SSSR count). The highest BCUT2D eigenvalue weighted by molar-refractivity contribution is 8.00. The molecule has 176 valence electrons. The molecule has 2 heterocycles. The molecule has 0 saturated carbocycles. The van der Waals surface area contributed by atoms with E-state index in [-0.39, 0.29) is 11.7 Å². The number of hydrogen-bond acceptors (Lipinski definition) is 6. The third kappa shape index (κ3) is 4.85. The van der Waals surface area contributed by atoms with Gasteiger partial charge in [0, 0.05) is 22.8 Å². The molecule has 1 aliphatic rings. The standard InChI is InChI=1S/C27H24N4O2S2/c1-3-16-30-25(17-19-12-14-20(33-2)15-13-19)28-29-27(30)34-18-26(32)31-21-8-4-6-10-23(21)35-24-11-7-5-9-22(24)31/h3-15H,1,16-18H2,2H3. The molecule has 1 amide bonds. The number of hydrogen-bond donors (Lipinski definition) is 0. The molecule has 0 radical (unpaired) electrons. The summed E-state index contributed by atoms with van der Waals surface area (Å²) in [6.07, 6.45) is 2.45. The van der Waals surface area contributed by atoms with E-state index in [1.54, 1.807) is 18.9 Å². The van der Waals surface area contributed by atoms with Gasteiger partial charge in [0.2, 0.25) is 5.91 Å². The third-order valence-corrected chi connectivity index (χ3v) is 7.71. The molecule has 0 aliphatic carbocycles. The fourth-order valence-electron chi connectivity index (χ4n) is 3.96. The maximum absolute atomic E-state index is 13.5. The van der Waals surface area contributed by atoms with Crippen molar-refractivity contribution in [3.63, 3.8) is 0 Å². The summed E-state index contributed by atoms with van der Waals surface area (Å²) < 4.78 is 7.26. The van der Waals surface area contributed by atoms with Gasteiger partial charge in [0.15, 0.2) is 5.16 Å². The summed E-state index contributed by atoms with van der Waals surface area (Å²) in [5.74, 6) is 1.89. The Labute approximate surface area is 213 Å². The second-order valence-electron chi connectivity index (χ2n) is 7.88. The summed E-state index contributed by atoms with van der Waals surface area (Å²) in [6.45, 7) is 4.46. The average Bonchev–Trinajstić information content (AvgIpc) is 3.27. The molecule has 8 heteroatoms. The van der Waals surface area contributed by atoms with Gasteiger partial charge in [0.25, 0.3) is 0 Å². The topological polar surface area (TPSA) is 60.2 Å². The maximum Gasteiger partial charge on any atom is 0.242 e. The summed E-state index contributed by atoms with van der Waals surface area (Å²) in [7, 11) is 1.65. The van der Waals surface area contributed by atoms with Crippen LogP contribution in [0.3, 0.4) is 0 Å². The fourth-order valence-corrected chi connectivity index (χ4v) is 5.83. The van der Waals surface area contributed by atoms with Crippen LogP contribution in [0.15, 0.2) is 100 Å². The van der Waals surface area contributed by atoms with Crippen molar-refractivity contribution in [3.8, 4) is 5.75 Å². The van der Waals surface area contributed by atoms with Gasteiger partial charge in [-0.3, -0.25) is 9.69 Å². The van der Waals surface area contributed by atoms with Crippen LogP contribution >= 0.6 is 23.5 Å². The lowest BCUT2D eigenvalue weighted by atomic mass is 10.1. The Kier molecular flexibility index (Phi) is 6.92. The van der Waals surface area contributed by atoms with Crippen LogP contribution in [-0.4, -0.2) is 33.5 Å². The molecule has 3 aromatic carbocycles. The smallest absolute Gasteiger partial charge is 0.242 e. The van der Waals surface area contributed by atoms with Gasteiger partial charge in [0.1, 0.15) is 11.6 Å². The molecule has 35 heavy (non-hydrogen) atoms. The van der Waals surface area contributed by atoms with E-state index >= 15 is 0 Å². The number of nitrogens with zero attached hydrogens (tertiary/aromatic N) is 4. The molecule has 0 atom stereocenters. The number of amides is 1. The van der Waals surface area contributed by atoms with Crippen molar-refractivity contribution in [2.45, 2.75) is 27.9 Å². The summed E-state index contributed by atoms with van der Waals surface area (Å²) in [5, 5.41) is 9.52. The van der Waals surface area contributed by atoms with Crippen LogP contribution in [0, 0.1) is 0 Å². The molecular weight excluding hydrogens is 476 g/mol. The predicted molar refractivity (Wildman–Crippen MR) is 141 cm³/mol. The van der Waals surface area contributed by atoms with E-state index in [0.29, 0.717) is 18.1 Å². The van der Waals surface area contributed by atoms with Gasteiger partial charge >= 0.3 is 0 Å². The number of fused-ring (bicyclic) bond motifs is 2. The van der Waals surface area contributed by atoms with Crippen LogP contribution < -0.4 is 9.64 Å². The van der Waals surface area contributed by atoms with Crippen molar-refractivity contribution in [2.24, 2.45) is 0 Å². The van der Waals surface area contributed by atoms with Crippen molar-refractivity contribution < 1.29 is 9.53 Å². The number of para-hydroxylation sites is 2. The Bertz CT molecular complexity index is 1320. The number of aromatic nitrogens is 3. The first-order valence-electron chi connectivity index (χ1n) is 11.2. The van der Waals surface area contributed by atoms with Crippen LogP contribution in [0.25, 0.3) is 0 Å². The van der Waals surface area contributed by atoms with Gasteiger partial charge < -0.3 is 9.30 Å². The van der Waals surface area contributed by atoms with Gasteiger partial charge in [0.05, 0.1) is 24.2 Å². The molecule has 0 fully saturated rings. The van der Waals surface area contributed by atoms with Gasteiger partial charge in [-0.25, -0.2) is 0 Å². The Morgan fingerprint density at radius 1 is 1.00 bits per heavy atom. The minimum atomic E-state index is 0.0000532. The summed E-state index contributed by atoms with van der Waals surface area (Å²) in [6, 6.07) is 23.9. The molecule has 1 aliphatic heterocycles. The number of ether oxygens (including phenoxy) is 1. The van der Waals surface area contributed by atoms with Gasteiger partial charge in [-0.1, -0.05) is 66.0 Å². The first kappa shape index (κ1) is 23.3. The van der Waals surface area contributed by atoms with Gasteiger partial charge in [-0.2, -0.15) is 0 Å². The minimum absolute atomic E-state index is 0.0000532. The summed E-state index contributed by atoms with van der Waals surface area (Å²) in [4.78, 5) is 17.5. The average molecular weight is 501 g/mol.